The van der Waals surface area contributed by atoms with Crippen molar-refractivity contribution in [2.75, 3.05) is 42.7 Å². The van der Waals surface area contributed by atoms with Crippen LogP contribution in [-0.4, -0.2) is 48.9 Å². The monoisotopic (exact) mass is 539 g/mol. The van der Waals surface area contributed by atoms with E-state index >= 15 is 0 Å². The van der Waals surface area contributed by atoms with Crippen LogP contribution in [0.3, 0.4) is 0 Å². The summed E-state index contributed by atoms with van der Waals surface area (Å²) in [4.78, 5) is 34.0. The number of aromatic nitrogens is 1. The zero-order valence-electron chi connectivity index (χ0n) is 22.2. The number of pyridine rings is 1. The highest BCUT2D eigenvalue weighted by Gasteiger charge is 2.29. The fourth-order valence-corrected chi connectivity index (χ4v) is 4.95. The van der Waals surface area contributed by atoms with Crippen LogP contribution in [0.2, 0.25) is 5.02 Å². The van der Waals surface area contributed by atoms with Gasteiger partial charge in [0.1, 0.15) is 0 Å². The van der Waals surface area contributed by atoms with E-state index in [1.54, 1.807) is 30.2 Å². The van der Waals surface area contributed by atoms with Gasteiger partial charge >= 0.3 is 0 Å². The Balaban J connectivity index is 1.53. The lowest BCUT2D eigenvalue weighted by Crippen LogP contribution is -2.31. The number of hydrogen-bond donors (Lipinski definition) is 2. The van der Waals surface area contributed by atoms with Crippen molar-refractivity contribution < 1.29 is 9.59 Å². The van der Waals surface area contributed by atoms with Gasteiger partial charge in [0.15, 0.2) is 0 Å². The van der Waals surface area contributed by atoms with E-state index in [0.29, 0.717) is 28.5 Å². The molecule has 1 aliphatic heterocycles. The zero-order chi connectivity index (χ0) is 27.5. The molecule has 39 heavy (non-hydrogen) atoms. The lowest BCUT2D eigenvalue weighted by atomic mass is 9.99. The van der Waals surface area contributed by atoms with Gasteiger partial charge in [-0.1, -0.05) is 35.9 Å². The molecule has 0 bridgehead atoms. The Morgan fingerprint density at radius 1 is 1.00 bits per heavy atom. The largest absolute Gasteiger partial charge is 0.354 e. The highest BCUT2D eigenvalue weighted by atomic mass is 35.5. The third-order valence-corrected chi connectivity index (χ3v) is 6.92. The molecule has 2 heterocycles. The van der Waals surface area contributed by atoms with Crippen molar-refractivity contribution in [3.8, 4) is 0 Å². The summed E-state index contributed by atoms with van der Waals surface area (Å²) in [5.41, 5.74) is 5.89. The highest BCUT2D eigenvalue weighted by Crippen LogP contribution is 2.39. The molecule has 8 heteroatoms. The summed E-state index contributed by atoms with van der Waals surface area (Å²) in [5.74, 6) is -0.213. The first-order valence-electron chi connectivity index (χ1n) is 12.8. The van der Waals surface area contributed by atoms with Gasteiger partial charge < -0.3 is 20.4 Å². The van der Waals surface area contributed by atoms with Gasteiger partial charge in [0.05, 0.1) is 22.5 Å². The molecule has 0 unspecified atom stereocenters. The second kappa shape index (κ2) is 11.3. The average Bonchev–Trinajstić information content (AvgIpc) is 3.24. The third-order valence-electron chi connectivity index (χ3n) is 6.69. The Bertz CT molecular complexity index is 1580. The lowest BCUT2D eigenvalue weighted by molar-refractivity contribution is -0.116. The molecule has 3 aromatic carbocycles. The number of nitrogens with zero attached hydrogens (tertiary/aromatic N) is 3. The van der Waals surface area contributed by atoms with E-state index < -0.39 is 0 Å². The Morgan fingerprint density at radius 2 is 1.79 bits per heavy atom. The first kappa shape index (κ1) is 26.4. The molecule has 0 atom stereocenters. The maximum absolute atomic E-state index is 13.3. The Labute approximate surface area is 233 Å². The smallest absolute Gasteiger partial charge is 0.258 e. The first-order valence-corrected chi connectivity index (χ1v) is 13.2. The molecule has 4 aromatic rings. The van der Waals surface area contributed by atoms with Crippen LogP contribution >= 0.6 is 11.6 Å². The summed E-state index contributed by atoms with van der Waals surface area (Å²) in [6, 6.07) is 22.9. The van der Waals surface area contributed by atoms with Gasteiger partial charge in [-0.15, -0.1) is 0 Å². The lowest BCUT2D eigenvalue weighted by Gasteiger charge is -2.23. The molecule has 0 saturated carbocycles. The number of carbonyl (C=O) groups excluding carboxylic acids is 2. The van der Waals surface area contributed by atoms with Gasteiger partial charge in [0, 0.05) is 52.6 Å². The van der Waals surface area contributed by atoms with E-state index in [0.717, 1.165) is 46.4 Å². The minimum atomic E-state index is -0.212. The SMILES string of the molecule is CC(=O)N(CCCN(C)C)c1ccc(N/C(=C2\C(=O)Nc3cc(Cl)ccc32)c2ccc3cccnc3c2)cc1. The fourth-order valence-electron chi connectivity index (χ4n) is 4.78. The highest BCUT2D eigenvalue weighted by molar-refractivity contribution is 6.38. The van der Waals surface area contributed by atoms with Crippen LogP contribution in [0.1, 0.15) is 24.5 Å². The second-order valence-electron chi connectivity index (χ2n) is 9.80. The summed E-state index contributed by atoms with van der Waals surface area (Å²) in [6.07, 6.45) is 2.63. The second-order valence-corrected chi connectivity index (χ2v) is 10.2. The van der Waals surface area contributed by atoms with Gasteiger partial charge in [0.25, 0.3) is 5.91 Å². The van der Waals surface area contributed by atoms with Crippen molar-refractivity contribution in [1.29, 1.82) is 0 Å². The van der Waals surface area contributed by atoms with Crippen LogP contribution in [0.15, 0.2) is 79.0 Å². The maximum atomic E-state index is 13.3. The summed E-state index contributed by atoms with van der Waals surface area (Å²) in [6.45, 7) is 3.12. The zero-order valence-corrected chi connectivity index (χ0v) is 22.9. The number of benzene rings is 3. The standard InChI is InChI=1S/C31H30ClN5O2/c1-20(38)37(17-5-16-36(2)3)25-12-10-24(11-13-25)34-30(22-8-7-21-6-4-15-33-27(21)18-22)29-26-14-9-23(32)19-28(26)35-31(29)39/h4,6-15,18-19,34H,5,16-17H2,1-3H3,(H,35,39)/b30-29-. The van der Waals surface area contributed by atoms with Crippen molar-refractivity contribution in [2.24, 2.45) is 0 Å². The van der Waals surface area contributed by atoms with Gasteiger partial charge in [-0.3, -0.25) is 14.6 Å². The molecule has 1 aliphatic rings. The number of fused-ring (bicyclic) bond motifs is 2. The molecule has 0 saturated heterocycles. The van der Waals surface area contributed by atoms with Crippen molar-refractivity contribution in [3.63, 3.8) is 0 Å². The van der Waals surface area contributed by atoms with Crippen LogP contribution in [-0.2, 0) is 9.59 Å². The van der Waals surface area contributed by atoms with Crippen LogP contribution in [0, 0.1) is 0 Å². The van der Waals surface area contributed by atoms with Crippen molar-refractivity contribution in [2.45, 2.75) is 13.3 Å². The quantitative estimate of drug-likeness (QED) is 0.264. The van der Waals surface area contributed by atoms with Crippen molar-refractivity contribution >= 4 is 62.7 Å². The number of rotatable bonds is 8. The molecule has 0 spiro atoms. The molecule has 0 fully saturated rings. The number of halogens is 1. The number of amides is 2. The van der Waals surface area contributed by atoms with Gasteiger partial charge in [0.2, 0.25) is 5.91 Å². The maximum Gasteiger partial charge on any atom is 0.258 e. The van der Waals surface area contributed by atoms with E-state index in [-0.39, 0.29) is 11.8 Å². The summed E-state index contributed by atoms with van der Waals surface area (Å²) >= 11 is 6.20. The Kier molecular flexibility index (Phi) is 7.63. The molecule has 0 radical (unpaired) electrons. The molecule has 2 amide bonds. The minimum absolute atomic E-state index is 0.00108. The third kappa shape index (κ3) is 5.79. The number of anilines is 3. The van der Waals surface area contributed by atoms with Crippen LogP contribution in [0.4, 0.5) is 17.1 Å². The average molecular weight is 540 g/mol. The molecular formula is C31H30ClN5O2. The van der Waals surface area contributed by atoms with E-state index in [4.69, 9.17) is 11.6 Å². The van der Waals surface area contributed by atoms with Gasteiger partial charge in [-0.2, -0.15) is 0 Å². The molecule has 5 rings (SSSR count). The van der Waals surface area contributed by atoms with Crippen LogP contribution in [0.25, 0.3) is 22.2 Å². The molecular weight excluding hydrogens is 510 g/mol. The van der Waals surface area contributed by atoms with E-state index in [1.165, 1.54) is 0 Å². The van der Waals surface area contributed by atoms with Crippen molar-refractivity contribution in [3.05, 3.63) is 95.1 Å². The van der Waals surface area contributed by atoms with E-state index in [2.05, 4.69) is 20.5 Å². The molecule has 198 valence electrons. The predicted molar refractivity (Wildman–Crippen MR) is 160 cm³/mol. The normalized spacial score (nSPS) is 13.8. The molecule has 2 N–H and O–H groups in total. The number of carbonyl (C=O) groups is 2. The summed E-state index contributed by atoms with van der Waals surface area (Å²) in [7, 11) is 4.04. The fraction of sp³-hybridized carbons (Fsp3) is 0.194. The van der Waals surface area contributed by atoms with Crippen LogP contribution < -0.4 is 15.5 Å². The minimum Gasteiger partial charge on any atom is -0.354 e. The Morgan fingerprint density at radius 3 is 2.54 bits per heavy atom. The van der Waals surface area contributed by atoms with E-state index in [1.807, 2.05) is 74.8 Å². The van der Waals surface area contributed by atoms with Gasteiger partial charge in [-0.05, 0) is 75.6 Å². The molecule has 1 aromatic heterocycles. The Hall–Kier alpha value is -4.20. The summed E-state index contributed by atoms with van der Waals surface area (Å²) in [5, 5.41) is 7.99. The van der Waals surface area contributed by atoms with Gasteiger partial charge in [-0.25, -0.2) is 0 Å². The van der Waals surface area contributed by atoms with Crippen molar-refractivity contribution in [1.82, 2.24) is 9.88 Å². The van der Waals surface area contributed by atoms with E-state index in [9.17, 15) is 9.59 Å². The predicted octanol–water partition coefficient (Wildman–Crippen LogP) is 6.13. The van der Waals surface area contributed by atoms with Crippen LogP contribution in [0.5, 0.6) is 0 Å². The number of nitrogens with one attached hydrogen (secondary N) is 2. The first-order chi connectivity index (χ1) is 18.8. The number of hydrogen-bond acceptors (Lipinski definition) is 5. The topological polar surface area (TPSA) is 77.6 Å². The molecule has 7 nitrogen and oxygen atoms in total. The molecule has 0 aliphatic carbocycles. The summed E-state index contributed by atoms with van der Waals surface area (Å²) < 4.78 is 0.